The normalized spacial score (nSPS) is 10.8. The van der Waals surface area contributed by atoms with Crippen LogP contribution in [0.25, 0.3) is 17.3 Å². The Morgan fingerprint density at radius 2 is 1.87 bits per heavy atom. The number of thiazole rings is 1. The van der Waals surface area contributed by atoms with Crippen molar-refractivity contribution in [2.75, 3.05) is 26.1 Å². The molecule has 0 radical (unpaired) electrons. The minimum absolute atomic E-state index is 0.265. The van der Waals surface area contributed by atoms with E-state index < -0.39 is 0 Å². The number of carbonyl (C=O) groups excluding carboxylic acids is 1. The number of amides is 1. The third kappa shape index (κ3) is 6.33. The molecule has 3 rings (SSSR count). The minimum Gasteiger partial charge on any atom is -0.497 e. The van der Waals surface area contributed by atoms with Gasteiger partial charge in [0, 0.05) is 28.6 Å². The standard InChI is InChI=1S/C24H26N2O4S/c1-4-5-14-30-19-10-6-17(7-11-19)21-16-31-24(25-21)26-23(27)13-9-18-8-12-20(28-2)15-22(18)29-3/h6-13,15-16H,4-5,14H2,1-3H3,(H,25,26,27)/b13-9+. The van der Waals surface area contributed by atoms with E-state index >= 15 is 0 Å². The van der Waals surface area contributed by atoms with Gasteiger partial charge in [0.15, 0.2) is 5.13 Å². The Morgan fingerprint density at radius 1 is 1.10 bits per heavy atom. The second kappa shape index (κ2) is 11.2. The summed E-state index contributed by atoms with van der Waals surface area (Å²) in [5.74, 6) is 1.90. The molecule has 6 nitrogen and oxygen atoms in total. The van der Waals surface area contributed by atoms with Crippen molar-refractivity contribution in [3.8, 4) is 28.5 Å². The van der Waals surface area contributed by atoms with Crippen LogP contribution in [0.4, 0.5) is 5.13 Å². The van der Waals surface area contributed by atoms with E-state index in [-0.39, 0.29) is 5.91 Å². The third-order valence-electron chi connectivity index (χ3n) is 4.51. The van der Waals surface area contributed by atoms with Crippen molar-refractivity contribution in [2.45, 2.75) is 19.8 Å². The molecule has 0 fully saturated rings. The highest BCUT2D eigenvalue weighted by molar-refractivity contribution is 7.14. The van der Waals surface area contributed by atoms with Gasteiger partial charge in [0.2, 0.25) is 5.91 Å². The summed E-state index contributed by atoms with van der Waals surface area (Å²) in [5.41, 5.74) is 2.55. The maximum absolute atomic E-state index is 12.3. The molecule has 1 aromatic heterocycles. The lowest BCUT2D eigenvalue weighted by molar-refractivity contribution is -0.111. The van der Waals surface area contributed by atoms with Gasteiger partial charge in [-0.05, 0) is 48.9 Å². The molecule has 0 aliphatic rings. The number of nitrogens with zero attached hydrogens (tertiary/aromatic N) is 1. The zero-order valence-electron chi connectivity index (χ0n) is 17.9. The molecule has 0 aliphatic carbocycles. The van der Waals surface area contributed by atoms with Crippen LogP contribution in [0.3, 0.4) is 0 Å². The number of unbranched alkanes of at least 4 members (excludes halogenated alkanes) is 1. The van der Waals surface area contributed by atoms with E-state index in [1.807, 2.05) is 41.8 Å². The Balaban J connectivity index is 1.60. The second-order valence-electron chi connectivity index (χ2n) is 6.69. The molecule has 0 unspecified atom stereocenters. The summed E-state index contributed by atoms with van der Waals surface area (Å²) >= 11 is 1.38. The Hall–Kier alpha value is -3.32. The molecule has 7 heteroatoms. The van der Waals surface area contributed by atoms with E-state index in [1.165, 1.54) is 17.4 Å². The van der Waals surface area contributed by atoms with Gasteiger partial charge in [0.1, 0.15) is 17.2 Å². The summed E-state index contributed by atoms with van der Waals surface area (Å²) in [6.07, 6.45) is 5.29. The highest BCUT2D eigenvalue weighted by Gasteiger charge is 2.08. The summed E-state index contributed by atoms with van der Waals surface area (Å²) in [5, 5.41) is 5.25. The predicted octanol–water partition coefficient (Wildman–Crippen LogP) is 5.66. The maximum atomic E-state index is 12.3. The van der Waals surface area contributed by atoms with Gasteiger partial charge >= 0.3 is 0 Å². The number of rotatable bonds is 10. The molecule has 31 heavy (non-hydrogen) atoms. The summed E-state index contributed by atoms with van der Waals surface area (Å²) < 4.78 is 16.2. The van der Waals surface area contributed by atoms with Crippen LogP contribution in [0, 0.1) is 0 Å². The van der Waals surface area contributed by atoms with Crippen molar-refractivity contribution < 1.29 is 19.0 Å². The second-order valence-corrected chi connectivity index (χ2v) is 7.55. The van der Waals surface area contributed by atoms with Crippen molar-refractivity contribution >= 4 is 28.5 Å². The summed E-state index contributed by atoms with van der Waals surface area (Å²) in [6.45, 7) is 2.86. The van der Waals surface area contributed by atoms with Gasteiger partial charge in [-0.3, -0.25) is 10.1 Å². The van der Waals surface area contributed by atoms with Crippen molar-refractivity contribution in [3.05, 3.63) is 59.5 Å². The first-order chi connectivity index (χ1) is 15.1. The van der Waals surface area contributed by atoms with Crippen molar-refractivity contribution in [1.82, 2.24) is 4.98 Å². The number of hydrogen-bond donors (Lipinski definition) is 1. The number of aromatic nitrogens is 1. The fourth-order valence-electron chi connectivity index (χ4n) is 2.79. The van der Waals surface area contributed by atoms with Crippen molar-refractivity contribution in [3.63, 3.8) is 0 Å². The van der Waals surface area contributed by atoms with E-state index in [0.29, 0.717) is 16.6 Å². The SMILES string of the molecule is CCCCOc1ccc(-c2csc(NC(=O)/C=C/c3ccc(OC)cc3OC)n2)cc1. The zero-order valence-corrected chi connectivity index (χ0v) is 18.7. The summed E-state index contributed by atoms with van der Waals surface area (Å²) in [4.78, 5) is 16.8. The highest BCUT2D eigenvalue weighted by atomic mass is 32.1. The molecule has 0 spiro atoms. The number of carbonyl (C=O) groups is 1. The topological polar surface area (TPSA) is 69.7 Å². The summed E-state index contributed by atoms with van der Waals surface area (Å²) in [6, 6.07) is 13.2. The van der Waals surface area contributed by atoms with Gasteiger partial charge in [-0.25, -0.2) is 4.98 Å². The average Bonchev–Trinajstić information content (AvgIpc) is 3.26. The number of benzene rings is 2. The van der Waals surface area contributed by atoms with Gasteiger partial charge in [0.25, 0.3) is 0 Å². The molecule has 0 saturated carbocycles. The molecular weight excluding hydrogens is 412 g/mol. The largest absolute Gasteiger partial charge is 0.497 e. The Kier molecular flexibility index (Phi) is 8.06. The average molecular weight is 439 g/mol. The highest BCUT2D eigenvalue weighted by Crippen LogP contribution is 2.27. The molecule has 1 heterocycles. The molecule has 1 N–H and O–H groups in total. The van der Waals surface area contributed by atoms with Crippen LogP contribution in [0.5, 0.6) is 17.2 Å². The van der Waals surface area contributed by atoms with Crippen LogP contribution in [-0.2, 0) is 4.79 Å². The van der Waals surface area contributed by atoms with Crippen molar-refractivity contribution in [1.29, 1.82) is 0 Å². The Morgan fingerprint density at radius 3 is 2.58 bits per heavy atom. The van der Waals surface area contributed by atoms with Crippen molar-refractivity contribution in [2.24, 2.45) is 0 Å². The molecule has 2 aromatic carbocycles. The van der Waals surface area contributed by atoms with E-state index in [1.54, 1.807) is 26.4 Å². The predicted molar refractivity (Wildman–Crippen MR) is 125 cm³/mol. The molecule has 0 aliphatic heterocycles. The molecule has 3 aromatic rings. The number of hydrogen-bond acceptors (Lipinski definition) is 6. The quantitative estimate of drug-likeness (QED) is 0.327. The minimum atomic E-state index is -0.265. The Bertz CT molecular complexity index is 1030. The zero-order chi connectivity index (χ0) is 22.1. The van der Waals surface area contributed by atoms with E-state index in [4.69, 9.17) is 14.2 Å². The molecular formula is C24H26N2O4S. The van der Waals surface area contributed by atoms with Crippen LogP contribution in [0.2, 0.25) is 0 Å². The van der Waals surface area contributed by atoms with Crippen LogP contribution in [0.1, 0.15) is 25.3 Å². The van der Waals surface area contributed by atoms with Crippen LogP contribution in [0.15, 0.2) is 53.9 Å². The van der Waals surface area contributed by atoms with Gasteiger partial charge in [-0.15, -0.1) is 11.3 Å². The van der Waals surface area contributed by atoms with E-state index in [0.717, 1.165) is 42.0 Å². The fourth-order valence-corrected chi connectivity index (χ4v) is 3.51. The van der Waals surface area contributed by atoms with Gasteiger partial charge in [-0.2, -0.15) is 0 Å². The molecule has 0 saturated heterocycles. The number of nitrogens with one attached hydrogen (secondary N) is 1. The Labute approximate surface area is 186 Å². The first kappa shape index (κ1) is 22.4. The van der Waals surface area contributed by atoms with Crippen LogP contribution < -0.4 is 19.5 Å². The number of ether oxygens (including phenoxy) is 3. The third-order valence-corrected chi connectivity index (χ3v) is 5.26. The van der Waals surface area contributed by atoms with Gasteiger partial charge in [0.05, 0.1) is 26.5 Å². The molecule has 0 bridgehead atoms. The number of anilines is 1. The first-order valence-corrected chi connectivity index (χ1v) is 10.9. The lowest BCUT2D eigenvalue weighted by Crippen LogP contribution is -2.07. The molecule has 1 amide bonds. The monoisotopic (exact) mass is 438 g/mol. The van der Waals surface area contributed by atoms with Gasteiger partial charge in [-0.1, -0.05) is 13.3 Å². The lowest BCUT2D eigenvalue weighted by Gasteiger charge is -2.07. The smallest absolute Gasteiger partial charge is 0.250 e. The van der Waals surface area contributed by atoms with Gasteiger partial charge < -0.3 is 14.2 Å². The number of methoxy groups -OCH3 is 2. The van der Waals surface area contributed by atoms with E-state index in [9.17, 15) is 4.79 Å². The van der Waals surface area contributed by atoms with E-state index in [2.05, 4.69) is 17.2 Å². The first-order valence-electron chi connectivity index (χ1n) is 10.0. The van der Waals surface area contributed by atoms with Crippen LogP contribution >= 0.6 is 11.3 Å². The molecule has 0 atom stereocenters. The summed E-state index contributed by atoms with van der Waals surface area (Å²) in [7, 11) is 3.17. The van der Waals surface area contributed by atoms with Crippen LogP contribution in [-0.4, -0.2) is 31.7 Å². The fraction of sp³-hybridized carbons (Fsp3) is 0.250. The molecule has 162 valence electrons. The lowest BCUT2D eigenvalue weighted by atomic mass is 10.1. The maximum Gasteiger partial charge on any atom is 0.250 e.